The minimum absolute atomic E-state index is 0.0352. The standard InChI is InChI=1S/C19H17NO2S/c1-14(16-10-6-3-7-11-16)17-12-18(21)20(19(22)23-17)13-15-8-4-2-5-9-15/h2-12,14H,13H2,1H3/t14-/m0/s1. The molecule has 0 N–H and O–H groups in total. The Bertz CT molecular complexity index is 867. The Balaban J connectivity index is 1.95. The minimum atomic E-state index is -0.240. The summed E-state index contributed by atoms with van der Waals surface area (Å²) in [5.74, 6) is 0.0352. The molecule has 3 rings (SSSR count). The Morgan fingerprint density at radius 3 is 2.17 bits per heavy atom. The van der Waals surface area contributed by atoms with Crippen LogP contribution < -0.4 is 10.4 Å². The summed E-state index contributed by atoms with van der Waals surface area (Å²) in [6.07, 6.45) is 0. The lowest BCUT2D eigenvalue weighted by molar-refractivity contribution is 0.741. The molecule has 0 fully saturated rings. The highest BCUT2D eigenvalue weighted by Gasteiger charge is 2.13. The van der Waals surface area contributed by atoms with E-state index in [0.717, 1.165) is 27.3 Å². The zero-order valence-electron chi connectivity index (χ0n) is 12.8. The fourth-order valence-corrected chi connectivity index (χ4v) is 3.44. The maximum atomic E-state index is 12.4. The van der Waals surface area contributed by atoms with Gasteiger partial charge in [-0.2, -0.15) is 0 Å². The first-order valence-electron chi connectivity index (χ1n) is 7.49. The molecule has 0 radical (unpaired) electrons. The topological polar surface area (TPSA) is 39.1 Å². The molecule has 0 amide bonds. The van der Waals surface area contributed by atoms with E-state index in [-0.39, 0.29) is 16.4 Å². The molecule has 0 unspecified atom stereocenters. The van der Waals surface area contributed by atoms with Crippen LogP contribution in [0, 0.1) is 0 Å². The van der Waals surface area contributed by atoms with Crippen LogP contribution in [0.1, 0.15) is 28.8 Å². The van der Waals surface area contributed by atoms with Crippen LogP contribution in [0.2, 0.25) is 0 Å². The highest BCUT2D eigenvalue weighted by atomic mass is 32.1. The molecule has 0 bridgehead atoms. The van der Waals surface area contributed by atoms with Crippen molar-refractivity contribution in [1.29, 1.82) is 0 Å². The third-order valence-electron chi connectivity index (χ3n) is 3.87. The monoisotopic (exact) mass is 323 g/mol. The molecule has 3 aromatic rings. The van der Waals surface area contributed by atoms with Gasteiger partial charge in [0.25, 0.3) is 5.56 Å². The third-order valence-corrected chi connectivity index (χ3v) is 4.97. The fraction of sp³-hybridized carbons (Fsp3) is 0.158. The van der Waals surface area contributed by atoms with Crippen LogP contribution in [-0.2, 0) is 6.54 Å². The van der Waals surface area contributed by atoms with Crippen LogP contribution >= 0.6 is 11.3 Å². The Kier molecular flexibility index (Phi) is 4.53. The molecule has 0 aliphatic heterocycles. The minimum Gasteiger partial charge on any atom is -0.269 e. The van der Waals surface area contributed by atoms with Gasteiger partial charge in [0.05, 0.1) is 6.54 Å². The van der Waals surface area contributed by atoms with Crippen molar-refractivity contribution in [1.82, 2.24) is 4.57 Å². The maximum Gasteiger partial charge on any atom is 0.310 e. The van der Waals surface area contributed by atoms with Gasteiger partial charge in [-0.15, -0.1) is 0 Å². The van der Waals surface area contributed by atoms with Crippen LogP contribution in [0.15, 0.2) is 76.3 Å². The Morgan fingerprint density at radius 1 is 0.957 bits per heavy atom. The second kappa shape index (κ2) is 6.75. The summed E-state index contributed by atoms with van der Waals surface area (Å²) in [4.78, 5) is 25.3. The quantitative estimate of drug-likeness (QED) is 0.737. The molecule has 4 heteroatoms. The van der Waals surface area contributed by atoms with E-state index < -0.39 is 0 Å². The fourth-order valence-electron chi connectivity index (χ4n) is 2.50. The number of benzene rings is 2. The maximum absolute atomic E-state index is 12.4. The summed E-state index contributed by atoms with van der Waals surface area (Å²) in [6.45, 7) is 2.33. The second-order valence-corrected chi connectivity index (χ2v) is 6.48. The van der Waals surface area contributed by atoms with Gasteiger partial charge in [-0.25, -0.2) is 0 Å². The van der Waals surface area contributed by atoms with E-state index in [4.69, 9.17) is 0 Å². The van der Waals surface area contributed by atoms with Gasteiger partial charge in [0.1, 0.15) is 0 Å². The molecular weight excluding hydrogens is 306 g/mol. The van der Waals surface area contributed by atoms with Crippen LogP contribution in [0.5, 0.6) is 0 Å². The van der Waals surface area contributed by atoms with E-state index >= 15 is 0 Å². The molecule has 1 aromatic heterocycles. The van der Waals surface area contributed by atoms with E-state index in [0.29, 0.717) is 6.54 Å². The first-order valence-corrected chi connectivity index (χ1v) is 8.30. The van der Waals surface area contributed by atoms with Crippen molar-refractivity contribution in [2.75, 3.05) is 0 Å². The molecule has 1 heterocycles. The summed E-state index contributed by atoms with van der Waals surface area (Å²) in [5, 5.41) is 0. The zero-order valence-corrected chi connectivity index (χ0v) is 13.6. The number of rotatable bonds is 4. The highest BCUT2D eigenvalue weighted by Crippen LogP contribution is 2.24. The molecule has 3 nitrogen and oxygen atoms in total. The summed E-state index contributed by atoms with van der Waals surface area (Å²) >= 11 is 1.15. The smallest absolute Gasteiger partial charge is 0.269 e. The lowest BCUT2D eigenvalue weighted by Crippen LogP contribution is -2.31. The first-order chi connectivity index (χ1) is 11.1. The molecule has 0 aliphatic carbocycles. The van der Waals surface area contributed by atoms with Gasteiger partial charge < -0.3 is 0 Å². The van der Waals surface area contributed by atoms with Crippen LogP contribution in [0.4, 0.5) is 0 Å². The lowest BCUT2D eigenvalue weighted by atomic mass is 10.00. The molecule has 116 valence electrons. The number of aromatic nitrogens is 1. The number of hydrogen-bond donors (Lipinski definition) is 0. The molecule has 23 heavy (non-hydrogen) atoms. The van der Waals surface area contributed by atoms with Crippen LogP contribution in [0.25, 0.3) is 0 Å². The van der Waals surface area contributed by atoms with E-state index in [1.165, 1.54) is 4.57 Å². The van der Waals surface area contributed by atoms with Crippen molar-refractivity contribution < 1.29 is 0 Å². The van der Waals surface area contributed by atoms with Gasteiger partial charge in [-0.3, -0.25) is 14.2 Å². The van der Waals surface area contributed by atoms with Crippen LogP contribution in [0.3, 0.4) is 0 Å². The Hall–Kier alpha value is -2.46. The summed E-state index contributed by atoms with van der Waals surface area (Å²) in [6, 6.07) is 21.0. The van der Waals surface area contributed by atoms with E-state index in [1.807, 2.05) is 67.6 Å². The van der Waals surface area contributed by atoms with Crippen molar-refractivity contribution in [2.24, 2.45) is 0 Å². The van der Waals surface area contributed by atoms with E-state index in [1.54, 1.807) is 6.07 Å². The van der Waals surface area contributed by atoms with Gasteiger partial charge >= 0.3 is 4.87 Å². The summed E-state index contributed by atoms with van der Waals surface area (Å²) in [7, 11) is 0. The lowest BCUT2D eigenvalue weighted by Gasteiger charge is -2.12. The van der Waals surface area contributed by atoms with Crippen molar-refractivity contribution in [3.63, 3.8) is 0 Å². The predicted molar refractivity (Wildman–Crippen MR) is 94.4 cm³/mol. The largest absolute Gasteiger partial charge is 0.310 e. The molecular formula is C19H17NO2S. The molecule has 2 aromatic carbocycles. The van der Waals surface area contributed by atoms with Gasteiger partial charge in [0, 0.05) is 16.9 Å². The molecule has 1 atom stereocenters. The van der Waals surface area contributed by atoms with E-state index in [2.05, 4.69) is 0 Å². The summed E-state index contributed by atoms with van der Waals surface area (Å²) < 4.78 is 1.29. The SMILES string of the molecule is C[C@@H](c1ccccc1)c1cc(=O)n(Cc2ccccc2)c(=O)s1. The van der Waals surface area contributed by atoms with E-state index in [9.17, 15) is 9.59 Å². The van der Waals surface area contributed by atoms with Crippen LogP contribution in [-0.4, -0.2) is 4.57 Å². The van der Waals surface area contributed by atoms with Crippen molar-refractivity contribution in [3.05, 3.63) is 103 Å². The van der Waals surface area contributed by atoms with Gasteiger partial charge in [-0.05, 0) is 11.1 Å². The van der Waals surface area contributed by atoms with Crippen molar-refractivity contribution in [3.8, 4) is 0 Å². The Morgan fingerprint density at radius 2 is 1.57 bits per heavy atom. The second-order valence-electron chi connectivity index (χ2n) is 5.46. The summed E-state index contributed by atoms with van der Waals surface area (Å²) in [5.41, 5.74) is 1.81. The third kappa shape index (κ3) is 3.48. The average molecular weight is 323 g/mol. The molecule has 0 spiro atoms. The first kappa shape index (κ1) is 15.4. The molecule has 0 aliphatic rings. The van der Waals surface area contributed by atoms with Gasteiger partial charge in [-0.1, -0.05) is 78.9 Å². The molecule has 0 saturated carbocycles. The van der Waals surface area contributed by atoms with Crippen molar-refractivity contribution in [2.45, 2.75) is 19.4 Å². The van der Waals surface area contributed by atoms with Gasteiger partial charge in [0.2, 0.25) is 0 Å². The number of nitrogens with zero attached hydrogens (tertiary/aromatic N) is 1. The van der Waals surface area contributed by atoms with Gasteiger partial charge in [0.15, 0.2) is 0 Å². The highest BCUT2D eigenvalue weighted by molar-refractivity contribution is 7.09. The number of hydrogen-bond acceptors (Lipinski definition) is 3. The van der Waals surface area contributed by atoms with Crippen molar-refractivity contribution >= 4 is 11.3 Å². The zero-order chi connectivity index (χ0) is 16.2. The normalized spacial score (nSPS) is 12.0. The molecule has 0 saturated heterocycles. The Labute approximate surface area is 138 Å². The average Bonchev–Trinajstić information content (AvgIpc) is 2.59. The predicted octanol–water partition coefficient (Wildman–Crippen LogP) is 3.47.